The summed E-state index contributed by atoms with van der Waals surface area (Å²) in [7, 11) is 0.0633. The van der Waals surface area contributed by atoms with Gasteiger partial charge in [-0.15, -0.1) is 13.2 Å². The summed E-state index contributed by atoms with van der Waals surface area (Å²) in [6.45, 7) is 9.33. The van der Waals surface area contributed by atoms with E-state index in [1.807, 2.05) is 24.3 Å². The van der Waals surface area contributed by atoms with Crippen LogP contribution in [0, 0.1) is 0 Å². The Balaban J connectivity index is 0.000000392. The first kappa shape index (κ1) is 19.1. The number of halogens is 1. The Hall–Kier alpha value is 0.129. The molecule has 0 radical (unpaired) electrons. The monoisotopic (exact) mass is 380 g/mol. The van der Waals surface area contributed by atoms with Crippen molar-refractivity contribution in [2.75, 3.05) is 0 Å². The summed E-state index contributed by atoms with van der Waals surface area (Å²) in [6.07, 6.45) is 0. The maximum atomic E-state index is 3.28. The van der Waals surface area contributed by atoms with Crippen LogP contribution in [0.5, 0.6) is 0 Å². The van der Waals surface area contributed by atoms with Crippen molar-refractivity contribution >= 4 is 29.2 Å². The van der Waals surface area contributed by atoms with Crippen LogP contribution in [-0.2, 0) is 17.1 Å². The number of rotatable bonds is 3. The molecule has 2 rings (SSSR count). The van der Waals surface area contributed by atoms with Crippen LogP contribution in [0.1, 0.15) is 27.7 Å². The second kappa shape index (κ2) is 9.94. The van der Waals surface area contributed by atoms with E-state index in [1.165, 1.54) is 0 Å². The minimum Gasteiger partial charge on any atom is -0.747 e. The molecular formula is C16H22BrFeP-6. The quantitative estimate of drug-likeness (QED) is 0.375. The largest absolute Gasteiger partial charge is 0.747 e. The molecule has 0 unspecified atom stereocenters. The SMILES string of the molecule is Br[c-]1[cH-][cH-][cH-][cH-]1.CC(C)P([c-]1cccc1)C(C)C.[Fe]. The van der Waals surface area contributed by atoms with E-state index in [2.05, 4.69) is 67.9 Å². The van der Waals surface area contributed by atoms with E-state index < -0.39 is 0 Å². The Labute approximate surface area is 138 Å². The second-order valence-corrected chi connectivity index (χ2v) is 9.15. The Bertz CT molecular complexity index is 396. The smallest absolute Gasteiger partial charge is 0 e. The average molecular weight is 381 g/mol. The van der Waals surface area contributed by atoms with Crippen molar-refractivity contribution in [3.63, 3.8) is 0 Å². The molecule has 19 heavy (non-hydrogen) atoms. The Morgan fingerprint density at radius 1 is 0.947 bits per heavy atom. The van der Waals surface area contributed by atoms with Crippen LogP contribution < -0.4 is 5.30 Å². The summed E-state index contributed by atoms with van der Waals surface area (Å²) in [5.41, 5.74) is 1.62. The summed E-state index contributed by atoms with van der Waals surface area (Å²) >= 11 is 3.28. The zero-order valence-corrected chi connectivity index (χ0v) is 15.5. The zero-order chi connectivity index (χ0) is 13.5. The van der Waals surface area contributed by atoms with Crippen molar-refractivity contribution in [3.8, 4) is 0 Å². The molecule has 0 aromatic heterocycles. The maximum Gasteiger partial charge on any atom is 0 e. The first-order chi connectivity index (χ1) is 8.52. The van der Waals surface area contributed by atoms with Crippen LogP contribution in [0.2, 0.25) is 0 Å². The van der Waals surface area contributed by atoms with Gasteiger partial charge in [0.25, 0.3) is 0 Å². The molecule has 0 aliphatic rings. The van der Waals surface area contributed by atoms with E-state index in [0.717, 1.165) is 15.8 Å². The minimum atomic E-state index is 0. The summed E-state index contributed by atoms with van der Waals surface area (Å²) in [6, 6.07) is 16.8. The normalized spacial score (nSPS) is 10.3. The minimum absolute atomic E-state index is 0. The molecule has 112 valence electrons. The first-order valence-corrected chi connectivity index (χ1v) is 8.67. The number of hydrogen-bond donors (Lipinski definition) is 0. The third-order valence-corrected chi connectivity index (χ3v) is 6.33. The molecule has 0 saturated carbocycles. The Morgan fingerprint density at radius 2 is 1.37 bits per heavy atom. The van der Waals surface area contributed by atoms with Gasteiger partial charge in [-0.05, 0) is 11.3 Å². The maximum absolute atomic E-state index is 3.28. The van der Waals surface area contributed by atoms with E-state index in [9.17, 15) is 0 Å². The van der Waals surface area contributed by atoms with Gasteiger partial charge >= 0.3 is 0 Å². The van der Waals surface area contributed by atoms with Crippen LogP contribution in [0.3, 0.4) is 0 Å². The molecule has 2 aromatic carbocycles. The van der Waals surface area contributed by atoms with Crippen LogP contribution in [-0.4, -0.2) is 11.3 Å². The van der Waals surface area contributed by atoms with E-state index in [4.69, 9.17) is 0 Å². The molecule has 0 nitrogen and oxygen atoms in total. The molecule has 0 bridgehead atoms. The van der Waals surface area contributed by atoms with E-state index in [1.54, 1.807) is 5.30 Å². The van der Waals surface area contributed by atoms with E-state index in [0.29, 0.717) is 0 Å². The molecule has 0 atom stereocenters. The molecule has 0 N–H and O–H groups in total. The molecule has 0 aliphatic carbocycles. The third kappa shape index (κ3) is 6.91. The van der Waals surface area contributed by atoms with Gasteiger partial charge in [-0.3, -0.25) is 0 Å². The van der Waals surface area contributed by atoms with Crippen LogP contribution in [0.25, 0.3) is 0 Å². The van der Waals surface area contributed by atoms with E-state index in [-0.39, 0.29) is 25.0 Å². The molecule has 0 heterocycles. The molecule has 3 heteroatoms. The summed E-state index contributed by atoms with van der Waals surface area (Å²) in [5, 5.41) is 1.56. The molecule has 0 spiro atoms. The van der Waals surface area contributed by atoms with Crippen LogP contribution in [0.15, 0.2) is 53.0 Å². The van der Waals surface area contributed by atoms with Gasteiger partial charge < -0.3 is 44.7 Å². The predicted molar refractivity (Wildman–Crippen MR) is 88.6 cm³/mol. The molecule has 0 amide bonds. The second-order valence-electron chi connectivity index (χ2n) is 4.84. The van der Waals surface area contributed by atoms with Gasteiger partial charge in [0, 0.05) is 17.1 Å². The Morgan fingerprint density at radius 3 is 1.63 bits per heavy atom. The van der Waals surface area contributed by atoms with Gasteiger partial charge in [0.05, 0.1) is 0 Å². The third-order valence-electron chi connectivity index (χ3n) is 2.68. The van der Waals surface area contributed by atoms with Crippen molar-refractivity contribution in [2.24, 2.45) is 0 Å². The first-order valence-electron chi connectivity index (χ1n) is 6.39. The fraction of sp³-hybridized carbons (Fsp3) is 0.375. The fourth-order valence-electron chi connectivity index (χ4n) is 2.08. The number of hydrogen-bond acceptors (Lipinski definition) is 0. The van der Waals surface area contributed by atoms with Gasteiger partial charge in [-0.25, -0.2) is 12.1 Å². The van der Waals surface area contributed by atoms with Crippen molar-refractivity contribution in [3.05, 3.63) is 53.0 Å². The Kier molecular flexibility index (Phi) is 10.0. The summed E-state index contributed by atoms with van der Waals surface area (Å²) in [5.74, 6) is 0. The molecular weight excluding hydrogens is 359 g/mol. The summed E-state index contributed by atoms with van der Waals surface area (Å²) < 4.78 is 1.16. The van der Waals surface area contributed by atoms with Gasteiger partial charge in [-0.1, -0.05) is 27.7 Å². The zero-order valence-electron chi connectivity index (χ0n) is 12.0. The van der Waals surface area contributed by atoms with Gasteiger partial charge in [0.1, 0.15) is 0 Å². The topological polar surface area (TPSA) is 0 Å². The fourth-order valence-corrected chi connectivity index (χ4v) is 5.29. The molecule has 0 fully saturated rings. The molecule has 2 aromatic rings. The van der Waals surface area contributed by atoms with Crippen molar-refractivity contribution in [2.45, 2.75) is 39.0 Å². The van der Waals surface area contributed by atoms with Crippen LogP contribution >= 0.6 is 23.9 Å². The average Bonchev–Trinajstić information content (AvgIpc) is 2.91. The molecule has 0 aliphatic heterocycles. The van der Waals surface area contributed by atoms with Gasteiger partial charge in [0.15, 0.2) is 0 Å². The van der Waals surface area contributed by atoms with Gasteiger partial charge in [-0.2, -0.15) is 12.1 Å². The van der Waals surface area contributed by atoms with Gasteiger partial charge in [0.2, 0.25) is 0 Å². The predicted octanol–water partition coefficient (Wildman–Crippen LogP) is 5.50. The van der Waals surface area contributed by atoms with Crippen LogP contribution in [0.4, 0.5) is 0 Å². The van der Waals surface area contributed by atoms with E-state index >= 15 is 0 Å². The standard InChI is InChI=1S/C11H18P.C5H4Br.Fe/c1-9(2)12(10(3)4)11-7-5-6-8-11;6-5-3-1-2-4-5;/h5-10H,1-4H3;1-4H;/q-1;-5;. The van der Waals surface area contributed by atoms with Crippen molar-refractivity contribution < 1.29 is 17.1 Å². The summed E-state index contributed by atoms with van der Waals surface area (Å²) in [4.78, 5) is 0. The van der Waals surface area contributed by atoms with Crippen molar-refractivity contribution in [1.82, 2.24) is 0 Å². The molecule has 0 saturated heterocycles. The van der Waals surface area contributed by atoms with Crippen molar-refractivity contribution in [1.29, 1.82) is 0 Å².